The van der Waals surface area contributed by atoms with E-state index in [2.05, 4.69) is 5.32 Å². The standard InChI is InChI=1S/C12H14N2O2/c1-8(15)7-14-9(2)12(16)13-10-5-3-4-6-11(10)14/h3-6,9H,7H2,1-2H3,(H,13,16). The average molecular weight is 218 g/mol. The van der Waals surface area contributed by atoms with E-state index in [-0.39, 0.29) is 24.3 Å². The molecule has 1 unspecified atom stereocenters. The van der Waals surface area contributed by atoms with Crippen molar-refractivity contribution < 1.29 is 9.59 Å². The number of nitrogens with zero attached hydrogens (tertiary/aromatic N) is 1. The fraction of sp³-hybridized carbons (Fsp3) is 0.333. The van der Waals surface area contributed by atoms with Crippen molar-refractivity contribution >= 4 is 23.1 Å². The van der Waals surface area contributed by atoms with E-state index in [0.717, 1.165) is 11.4 Å². The van der Waals surface area contributed by atoms with Gasteiger partial charge < -0.3 is 10.2 Å². The fourth-order valence-electron chi connectivity index (χ4n) is 1.88. The van der Waals surface area contributed by atoms with Crippen molar-refractivity contribution in [2.24, 2.45) is 0 Å². The largest absolute Gasteiger partial charge is 0.351 e. The minimum atomic E-state index is -0.307. The predicted octanol–water partition coefficient (Wildman–Crippen LogP) is 1.42. The van der Waals surface area contributed by atoms with E-state index in [1.165, 1.54) is 6.92 Å². The molecule has 1 aliphatic rings. The predicted molar refractivity (Wildman–Crippen MR) is 62.6 cm³/mol. The molecule has 0 aliphatic carbocycles. The lowest BCUT2D eigenvalue weighted by Crippen LogP contribution is -2.48. The summed E-state index contributed by atoms with van der Waals surface area (Å²) >= 11 is 0. The van der Waals surface area contributed by atoms with Gasteiger partial charge in [0.2, 0.25) is 5.91 Å². The number of hydrogen-bond donors (Lipinski definition) is 1. The highest BCUT2D eigenvalue weighted by Crippen LogP contribution is 2.31. The highest BCUT2D eigenvalue weighted by Gasteiger charge is 2.29. The molecule has 1 aromatic carbocycles. The molecule has 0 saturated carbocycles. The van der Waals surface area contributed by atoms with Crippen LogP contribution in [0.2, 0.25) is 0 Å². The molecule has 1 heterocycles. The van der Waals surface area contributed by atoms with E-state index in [0.29, 0.717) is 0 Å². The van der Waals surface area contributed by atoms with Gasteiger partial charge in [0.1, 0.15) is 11.8 Å². The number of Topliss-reactive ketones (excluding diaryl/α,β-unsaturated/α-hetero) is 1. The Labute approximate surface area is 94.2 Å². The van der Waals surface area contributed by atoms with Gasteiger partial charge in [0.25, 0.3) is 0 Å². The summed E-state index contributed by atoms with van der Waals surface area (Å²) in [6.07, 6.45) is 0. The molecule has 4 nitrogen and oxygen atoms in total. The normalized spacial score (nSPS) is 19.0. The van der Waals surface area contributed by atoms with Gasteiger partial charge in [0.05, 0.1) is 17.9 Å². The molecule has 0 radical (unpaired) electrons. The molecule has 2 rings (SSSR count). The zero-order valence-corrected chi connectivity index (χ0v) is 9.36. The van der Waals surface area contributed by atoms with Crippen molar-refractivity contribution in [3.8, 4) is 0 Å². The minimum absolute atomic E-state index is 0.0522. The highest BCUT2D eigenvalue weighted by molar-refractivity contribution is 6.04. The number of para-hydroxylation sites is 2. The SMILES string of the molecule is CC(=O)CN1c2ccccc2NC(=O)C1C. The van der Waals surface area contributed by atoms with Crippen molar-refractivity contribution in [2.75, 3.05) is 16.8 Å². The maximum Gasteiger partial charge on any atom is 0.246 e. The topological polar surface area (TPSA) is 49.4 Å². The first kappa shape index (κ1) is 10.7. The molecule has 84 valence electrons. The maximum absolute atomic E-state index is 11.7. The van der Waals surface area contributed by atoms with Crippen LogP contribution in [0.25, 0.3) is 0 Å². The maximum atomic E-state index is 11.7. The summed E-state index contributed by atoms with van der Waals surface area (Å²) in [5, 5.41) is 2.82. The molecule has 1 atom stereocenters. The Balaban J connectivity index is 2.41. The number of nitrogens with one attached hydrogen (secondary N) is 1. The van der Waals surface area contributed by atoms with E-state index < -0.39 is 0 Å². The van der Waals surface area contributed by atoms with Gasteiger partial charge in [-0.2, -0.15) is 0 Å². The van der Waals surface area contributed by atoms with Crippen molar-refractivity contribution in [3.05, 3.63) is 24.3 Å². The molecule has 0 bridgehead atoms. The van der Waals surface area contributed by atoms with Gasteiger partial charge in [-0.3, -0.25) is 9.59 Å². The second-order valence-corrected chi connectivity index (χ2v) is 4.01. The Morgan fingerprint density at radius 2 is 2.12 bits per heavy atom. The van der Waals surface area contributed by atoms with E-state index >= 15 is 0 Å². The van der Waals surface area contributed by atoms with Crippen LogP contribution in [0.15, 0.2) is 24.3 Å². The number of fused-ring (bicyclic) bond motifs is 1. The molecule has 0 fully saturated rings. The molecule has 4 heteroatoms. The van der Waals surface area contributed by atoms with Crippen LogP contribution in [-0.4, -0.2) is 24.3 Å². The number of ketones is 1. The van der Waals surface area contributed by atoms with Crippen molar-refractivity contribution in [1.29, 1.82) is 0 Å². The molecule has 0 spiro atoms. The molecule has 1 aromatic rings. The highest BCUT2D eigenvalue weighted by atomic mass is 16.2. The summed E-state index contributed by atoms with van der Waals surface area (Å²) in [7, 11) is 0. The lowest BCUT2D eigenvalue weighted by atomic mass is 10.1. The monoisotopic (exact) mass is 218 g/mol. The van der Waals surface area contributed by atoms with E-state index in [1.54, 1.807) is 6.92 Å². The number of carbonyl (C=O) groups excluding carboxylic acids is 2. The Morgan fingerprint density at radius 3 is 2.81 bits per heavy atom. The first-order valence-corrected chi connectivity index (χ1v) is 5.25. The van der Waals surface area contributed by atoms with Gasteiger partial charge in [-0.05, 0) is 26.0 Å². The Kier molecular flexibility index (Phi) is 2.64. The Morgan fingerprint density at radius 1 is 1.44 bits per heavy atom. The van der Waals surface area contributed by atoms with Gasteiger partial charge in [0.15, 0.2) is 0 Å². The van der Waals surface area contributed by atoms with Crippen LogP contribution in [0.3, 0.4) is 0 Å². The second kappa shape index (κ2) is 3.96. The summed E-state index contributed by atoms with van der Waals surface area (Å²) in [6, 6.07) is 7.20. The molecule has 1 N–H and O–H groups in total. The van der Waals surface area contributed by atoms with E-state index in [9.17, 15) is 9.59 Å². The third-order valence-corrected chi connectivity index (χ3v) is 2.71. The molecular formula is C12H14N2O2. The van der Waals surface area contributed by atoms with Gasteiger partial charge in [-0.15, -0.1) is 0 Å². The van der Waals surface area contributed by atoms with Crippen LogP contribution < -0.4 is 10.2 Å². The van der Waals surface area contributed by atoms with E-state index in [4.69, 9.17) is 0 Å². The molecule has 1 amide bonds. The summed E-state index contributed by atoms with van der Waals surface area (Å²) in [6.45, 7) is 3.60. The van der Waals surface area contributed by atoms with Crippen molar-refractivity contribution in [3.63, 3.8) is 0 Å². The van der Waals surface area contributed by atoms with Crippen LogP contribution >= 0.6 is 0 Å². The Hall–Kier alpha value is -1.84. The third-order valence-electron chi connectivity index (χ3n) is 2.71. The van der Waals surface area contributed by atoms with Crippen LogP contribution in [0.4, 0.5) is 11.4 Å². The lowest BCUT2D eigenvalue weighted by Gasteiger charge is -2.35. The molecule has 1 aliphatic heterocycles. The van der Waals surface area contributed by atoms with Crippen LogP contribution in [0, 0.1) is 0 Å². The first-order valence-electron chi connectivity index (χ1n) is 5.25. The van der Waals surface area contributed by atoms with Gasteiger partial charge in [-0.25, -0.2) is 0 Å². The smallest absolute Gasteiger partial charge is 0.246 e. The molecule has 16 heavy (non-hydrogen) atoms. The lowest BCUT2D eigenvalue weighted by molar-refractivity contribution is -0.117. The zero-order chi connectivity index (χ0) is 11.7. The molecule has 0 aromatic heterocycles. The number of rotatable bonds is 2. The average Bonchev–Trinajstić information content (AvgIpc) is 2.24. The van der Waals surface area contributed by atoms with Gasteiger partial charge in [-0.1, -0.05) is 12.1 Å². The summed E-state index contributed by atoms with van der Waals surface area (Å²) in [5.41, 5.74) is 1.68. The van der Waals surface area contributed by atoms with Crippen LogP contribution in [0.1, 0.15) is 13.8 Å². The number of anilines is 2. The number of hydrogen-bond acceptors (Lipinski definition) is 3. The summed E-state index contributed by atoms with van der Waals surface area (Å²) in [4.78, 5) is 24.7. The fourth-order valence-corrected chi connectivity index (χ4v) is 1.88. The summed E-state index contributed by atoms with van der Waals surface area (Å²) in [5.74, 6) is -0.0173. The molecular weight excluding hydrogens is 204 g/mol. The quantitative estimate of drug-likeness (QED) is 0.816. The summed E-state index contributed by atoms with van der Waals surface area (Å²) < 4.78 is 0. The number of carbonyl (C=O) groups is 2. The van der Waals surface area contributed by atoms with Crippen molar-refractivity contribution in [2.45, 2.75) is 19.9 Å². The van der Waals surface area contributed by atoms with Crippen LogP contribution in [0.5, 0.6) is 0 Å². The molecule has 0 saturated heterocycles. The first-order chi connectivity index (χ1) is 7.59. The number of amides is 1. The van der Waals surface area contributed by atoms with Gasteiger partial charge in [0, 0.05) is 0 Å². The Bertz CT molecular complexity index is 442. The second-order valence-electron chi connectivity index (χ2n) is 4.01. The van der Waals surface area contributed by atoms with Crippen molar-refractivity contribution in [1.82, 2.24) is 0 Å². The zero-order valence-electron chi connectivity index (χ0n) is 9.36. The van der Waals surface area contributed by atoms with E-state index in [1.807, 2.05) is 29.2 Å². The minimum Gasteiger partial charge on any atom is -0.351 e. The van der Waals surface area contributed by atoms with Gasteiger partial charge >= 0.3 is 0 Å². The van der Waals surface area contributed by atoms with Crippen LogP contribution in [-0.2, 0) is 9.59 Å². The number of benzene rings is 1. The third kappa shape index (κ3) is 1.78.